The number of H-pyrrole nitrogens is 1. The summed E-state index contributed by atoms with van der Waals surface area (Å²) in [5, 5.41) is 2.92. The highest BCUT2D eigenvalue weighted by Crippen LogP contribution is 2.27. The Hall–Kier alpha value is -1.66. The lowest BCUT2D eigenvalue weighted by atomic mass is 10.3. The van der Waals surface area contributed by atoms with E-state index in [9.17, 15) is 4.79 Å². The SMILES string of the molecule is Cc1cc(C(=O)NCCc2nc3ccccc3[nH]2)sc1Br. The minimum absolute atomic E-state index is 0.0371. The topological polar surface area (TPSA) is 57.8 Å². The standard InChI is InChI=1S/C15H14BrN3OS/c1-9-8-12(21-14(9)16)15(20)17-7-6-13-18-10-4-2-3-5-11(10)19-13/h2-5,8H,6-7H2,1H3,(H,17,20)(H,18,19). The van der Waals surface area contributed by atoms with Crippen LogP contribution in [-0.4, -0.2) is 22.4 Å². The fraction of sp³-hybridized carbons (Fsp3) is 0.200. The van der Waals surface area contributed by atoms with Crippen LogP contribution in [0.2, 0.25) is 0 Å². The maximum absolute atomic E-state index is 12.0. The van der Waals surface area contributed by atoms with E-state index in [1.165, 1.54) is 11.3 Å². The summed E-state index contributed by atoms with van der Waals surface area (Å²) < 4.78 is 1.00. The van der Waals surface area contributed by atoms with Gasteiger partial charge in [-0.25, -0.2) is 4.98 Å². The maximum atomic E-state index is 12.0. The predicted octanol–water partition coefficient (Wildman–Crippen LogP) is 3.67. The molecule has 1 amide bonds. The molecule has 108 valence electrons. The number of para-hydroxylation sites is 2. The molecule has 0 saturated heterocycles. The van der Waals surface area contributed by atoms with Gasteiger partial charge in [0.2, 0.25) is 0 Å². The number of hydrogen-bond acceptors (Lipinski definition) is 3. The molecule has 0 radical (unpaired) electrons. The number of carbonyl (C=O) groups is 1. The lowest BCUT2D eigenvalue weighted by Crippen LogP contribution is -2.25. The van der Waals surface area contributed by atoms with Gasteiger partial charge in [0.15, 0.2) is 0 Å². The third kappa shape index (κ3) is 3.16. The number of benzene rings is 1. The number of carbonyl (C=O) groups excluding carboxylic acids is 1. The van der Waals surface area contributed by atoms with Gasteiger partial charge >= 0.3 is 0 Å². The Morgan fingerprint density at radius 1 is 1.43 bits per heavy atom. The van der Waals surface area contributed by atoms with Crippen molar-refractivity contribution >= 4 is 44.2 Å². The van der Waals surface area contributed by atoms with Crippen molar-refractivity contribution in [2.75, 3.05) is 6.54 Å². The summed E-state index contributed by atoms with van der Waals surface area (Å²) in [5.74, 6) is 0.852. The fourth-order valence-electron chi connectivity index (χ4n) is 2.08. The van der Waals surface area contributed by atoms with Gasteiger partial charge in [-0.3, -0.25) is 4.79 Å². The van der Waals surface area contributed by atoms with Crippen molar-refractivity contribution in [1.29, 1.82) is 0 Å². The van der Waals surface area contributed by atoms with Gasteiger partial charge < -0.3 is 10.3 Å². The number of aromatic nitrogens is 2. The minimum Gasteiger partial charge on any atom is -0.351 e. The molecule has 0 aliphatic heterocycles. The van der Waals surface area contributed by atoms with Crippen LogP contribution in [0.5, 0.6) is 0 Å². The van der Waals surface area contributed by atoms with Gasteiger partial charge in [-0.05, 0) is 46.6 Å². The lowest BCUT2D eigenvalue weighted by molar-refractivity contribution is 0.0958. The quantitative estimate of drug-likeness (QED) is 0.742. The number of hydrogen-bond donors (Lipinski definition) is 2. The number of aromatic amines is 1. The first-order valence-corrected chi connectivity index (χ1v) is 8.22. The molecule has 1 aromatic carbocycles. The Labute approximate surface area is 134 Å². The molecule has 2 heterocycles. The molecular weight excluding hydrogens is 350 g/mol. The van der Waals surface area contributed by atoms with Gasteiger partial charge in [0.1, 0.15) is 5.82 Å². The summed E-state index contributed by atoms with van der Waals surface area (Å²) in [7, 11) is 0. The van der Waals surface area contributed by atoms with Crippen molar-refractivity contribution in [1.82, 2.24) is 15.3 Å². The van der Waals surface area contributed by atoms with Gasteiger partial charge in [-0.1, -0.05) is 12.1 Å². The molecule has 0 unspecified atom stereocenters. The van der Waals surface area contributed by atoms with Crippen LogP contribution in [0, 0.1) is 6.92 Å². The second-order valence-corrected chi connectivity index (χ2v) is 7.14. The number of amides is 1. The van der Waals surface area contributed by atoms with Crippen LogP contribution in [0.3, 0.4) is 0 Å². The maximum Gasteiger partial charge on any atom is 0.261 e. The number of fused-ring (bicyclic) bond motifs is 1. The smallest absolute Gasteiger partial charge is 0.261 e. The highest BCUT2D eigenvalue weighted by atomic mass is 79.9. The van der Waals surface area contributed by atoms with Crippen molar-refractivity contribution in [3.63, 3.8) is 0 Å². The Balaban J connectivity index is 1.59. The molecular formula is C15H14BrN3OS. The molecule has 3 rings (SSSR count). The summed E-state index contributed by atoms with van der Waals surface area (Å²) in [6, 6.07) is 9.80. The monoisotopic (exact) mass is 363 g/mol. The zero-order valence-corrected chi connectivity index (χ0v) is 13.8. The molecule has 0 saturated carbocycles. The molecule has 0 bridgehead atoms. The first-order valence-electron chi connectivity index (χ1n) is 6.61. The summed E-state index contributed by atoms with van der Waals surface area (Å²) >= 11 is 4.89. The molecule has 0 atom stereocenters. The van der Waals surface area contributed by atoms with E-state index in [1.807, 2.05) is 37.3 Å². The Morgan fingerprint density at radius 3 is 2.95 bits per heavy atom. The van der Waals surface area contributed by atoms with Crippen LogP contribution in [-0.2, 0) is 6.42 Å². The van der Waals surface area contributed by atoms with Gasteiger partial charge in [0.05, 0.1) is 19.7 Å². The van der Waals surface area contributed by atoms with Gasteiger partial charge in [-0.15, -0.1) is 11.3 Å². The third-order valence-corrected chi connectivity index (χ3v) is 5.30. The molecule has 3 aromatic rings. The van der Waals surface area contributed by atoms with Crippen LogP contribution in [0.1, 0.15) is 21.1 Å². The van der Waals surface area contributed by atoms with Crippen LogP contribution in [0.4, 0.5) is 0 Å². The molecule has 2 N–H and O–H groups in total. The van der Waals surface area contributed by atoms with Crippen molar-refractivity contribution in [3.8, 4) is 0 Å². The van der Waals surface area contributed by atoms with E-state index in [-0.39, 0.29) is 5.91 Å². The van der Waals surface area contributed by atoms with Crippen molar-refractivity contribution in [2.45, 2.75) is 13.3 Å². The van der Waals surface area contributed by atoms with E-state index in [4.69, 9.17) is 0 Å². The molecule has 4 nitrogen and oxygen atoms in total. The largest absolute Gasteiger partial charge is 0.351 e. The first kappa shape index (κ1) is 14.3. The number of halogens is 1. The van der Waals surface area contributed by atoms with Crippen LogP contribution in [0.15, 0.2) is 34.1 Å². The molecule has 2 aromatic heterocycles. The second kappa shape index (κ2) is 5.99. The first-order chi connectivity index (χ1) is 10.1. The molecule has 0 spiro atoms. The van der Waals surface area contributed by atoms with Crippen LogP contribution >= 0.6 is 27.3 Å². The molecule has 6 heteroatoms. The van der Waals surface area contributed by atoms with E-state index >= 15 is 0 Å². The molecule has 0 aliphatic rings. The van der Waals surface area contributed by atoms with Gasteiger partial charge in [-0.2, -0.15) is 0 Å². The predicted molar refractivity (Wildman–Crippen MR) is 88.9 cm³/mol. The summed E-state index contributed by atoms with van der Waals surface area (Å²) in [4.78, 5) is 20.5. The highest BCUT2D eigenvalue weighted by Gasteiger charge is 2.11. The zero-order chi connectivity index (χ0) is 14.8. The third-order valence-electron chi connectivity index (χ3n) is 3.17. The second-order valence-electron chi connectivity index (χ2n) is 4.77. The van der Waals surface area contributed by atoms with E-state index in [0.29, 0.717) is 13.0 Å². The number of imidazole rings is 1. The van der Waals surface area contributed by atoms with Gasteiger partial charge in [0.25, 0.3) is 5.91 Å². The van der Waals surface area contributed by atoms with Crippen molar-refractivity contribution in [3.05, 3.63) is 50.4 Å². The summed E-state index contributed by atoms with van der Waals surface area (Å²) in [6.07, 6.45) is 0.686. The van der Waals surface area contributed by atoms with Crippen LogP contribution < -0.4 is 5.32 Å². The molecule has 21 heavy (non-hydrogen) atoms. The van der Waals surface area contributed by atoms with E-state index in [1.54, 1.807) is 0 Å². The number of aryl methyl sites for hydroxylation is 1. The Bertz CT molecular complexity index is 741. The molecule has 0 fully saturated rings. The number of rotatable bonds is 4. The number of nitrogens with zero attached hydrogens (tertiary/aromatic N) is 1. The van der Waals surface area contributed by atoms with E-state index < -0.39 is 0 Å². The van der Waals surface area contributed by atoms with E-state index in [0.717, 1.165) is 31.1 Å². The highest BCUT2D eigenvalue weighted by molar-refractivity contribution is 9.11. The lowest BCUT2D eigenvalue weighted by Gasteiger charge is -2.01. The molecule has 0 aliphatic carbocycles. The average Bonchev–Trinajstić information content (AvgIpc) is 3.02. The van der Waals surface area contributed by atoms with Crippen molar-refractivity contribution in [2.24, 2.45) is 0 Å². The number of nitrogens with one attached hydrogen (secondary N) is 2. The summed E-state index contributed by atoms with van der Waals surface area (Å²) in [5.41, 5.74) is 3.07. The Morgan fingerprint density at radius 2 is 2.24 bits per heavy atom. The summed E-state index contributed by atoms with van der Waals surface area (Å²) in [6.45, 7) is 2.54. The normalized spacial score (nSPS) is 11.0. The van der Waals surface area contributed by atoms with E-state index in [2.05, 4.69) is 31.2 Å². The van der Waals surface area contributed by atoms with Crippen molar-refractivity contribution < 1.29 is 4.79 Å². The minimum atomic E-state index is -0.0371. The zero-order valence-electron chi connectivity index (χ0n) is 11.4. The average molecular weight is 364 g/mol. The number of thiophene rings is 1. The van der Waals surface area contributed by atoms with Crippen LogP contribution in [0.25, 0.3) is 11.0 Å². The fourth-order valence-corrected chi connectivity index (χ4v) is 3.53. The Kier molecular flexibility index (Phi) is 4.07. The van der Waals surface area contributed by atoms with Gasteiger partial charge in [0, 0.05) is 13.0 Å².